The third kappa shape index (κ3) is 4.18. The predicted molar refractivity (Wildman–Crippen MR) is 106 cm³/mol. The molecule has 5 nitrogen and oxygen atoms in total. The van der Waals surface area contributed by atoms with Gasteiger partial charge in [0.15, 0.2) is 0 Å². The lowest BCUT2D eigenvalue weighted by atomic mass is 10.1. The smallest absolute Gasteiger partial charge is 0.221 e. The Morgan fingerprint density at radius 1 is 0.778 bits per heavy atom. The van der Waals surface area contributed by atoms with Crippen molar-refractivity contribution >= 4 is 5.95 Å². The van der Waals surface area contributed by atoms with E-state index in [4.69, 9.17) is 28.1 Å². The van der Waals surface area contributed by atoms with Gasteiger partial charge in [0.1, 0.15) is 24.7 Å². The van der Waals surface area contributed by atoms with Crippen molar-refractivity contribution in [3.8, 4) is 58.7 Å². The van der Waals surface area contributed by atoms with Crippen LogP contribution in [0.1, 0.15) is 0 Å². The molecule has 0 saturated heterocycles. The number of rotatable bonds is 6. The van der Waals surface area contributed by atoms with E-state index in [1.54, 1.807) is 0 Å². The summed E-state index contributed by atoms with van der Waals surface area (Å²) < 4.78 is 11.2. The highest BCUT2D eigenvalue weighted by Crippen LogP contribution is 2.34. The fraction of sp³-hybridized carbons (Fsp3) is 0.0909. The topological polar surface area (TPSA) is 70.3 Å². The van der Waals surface area contributed by atoms with E-state index < -0.39 is 0 Å². The molecule has 0 unspecified atom stereocenters. The number of anilines is 1. The quantitative estimate of drug-likeness (QED) is 0.686. The fourth-order valence-electron chi connectivity index (χ4n) is 2.59. The number of para-hydroxylation sites is 2. The zero-order valence-electron chi connectivity index (χ0n) is 14.6. The number of aromatic nitrogens is 2. The second kappa shape index (κ2) is 8.42. The number of ether oxygens (including phenoxy) is 2. The van der Waals surface area contributed by atoms with Gasteiger partial charge in [0, 0.05) is 11.1 Å². The molecule has 0 amide bonds. The fourth-order valence-corrected chi connectivity index (χ4v) is 2.59. The van der Waals surface area contributed by atoms with Gasteiger partial charge in [0.25, 0.3) is 0 Å². The first-order valence-corrected chi connectivity index (χ1v) is 8.19. The van der Waals surface area contributed by atoms with Gasteiger partial charge in [-0.25, -0.2) is 9.97 Å². The second-order valence-electron chi connectivity index (χ2n) is 5.47. The molecule has 2 aromatic carbocycles. The Labute approximate surface area is 158 Å². The maximum Gasteiger partial charge on any atom is 0.221 e. The average molecular weight is 355 g/mol. The maximum absolute atomic E-state index is 5.97. The van der Waals surface area contributed by atoms with Crippen molar-refractivity contribution in [2.75, 3.05) is 18.9 Å². The lowest BCUT2D eigenvalue weighted by molar-refractivity contribution is 0.372. The number of nitrogen functional groups attached to an aromatic ring is 1. The Bertz CT molecular complexity index is 952. The second-order valence-corrected chi connectivity index (χ2v) is 5.47. The summed E-state index contributed by atoms with van der Waals surface area (Å²) in [6.45, 7) is 0.320. The first-order valence-electron chi connectivity index (χ1n) is 8.19. The summed E-state index contributed by atoms with van der Waals surface area (Å²) in [6.07, 6.45) is 10.6. The van der Waals surface area contributed by atoms with Gasteiger partial charge in [0.05, 0.1) is 11.4 Å². The number of nitrogens with zero attached hydrogens (tertiary/aromatic N) is 2. The largest absolute Gasteiger partial charge is 0.480 e. The Hall–Kier alpha value is -3.96. The third-order valence-corrected chi connectivity index (χ3v) is 3.69. The van der Waals surface area contributed by atoms with Crippen LogP contribution >= 0.6 is 0 Å². The van der Waals surface area contributed by atoms with Crippen LogP contribution in [0.2, 0.25) is 0 Å². The van der Waals surface area contributed by atoms with Gasteiger partial charge in [-0.1, -0.05) is 36.1 Å². The van der Waals surface area contributed by atoms with Gasteiger partial charge >= 0.3 is 0 Å². The number of nitrogens with two attached hydrogens (primary N) is 1. The van der Waals surface area contributed by atoms with Crippen molar-refractivity contribution in [1.82, 2.24) is 9.97 Å². The number of hydrogen-bond donors (Lipinski definition) is 1. The van der Waals surface area contributed by atoms with E-state index in [1.165, 1.54) is 0 Å². The molecular formula is C22H17N3O2. The van der Waals surface area contributed by atoms with Gasteiger partial charge in [-0.05, 0) is 30.3 Å². The van der Waals surface area contributed by atoms with E-state index in [2.05, 4.69) is 21.8 Å². The summed E-state index contributed by atoms with van der Waals surface area (Å²) in [5.41, 5.74) is 8.75. The first kappa shape index (κ1) is 17.8. The summed E-state index contributed by atoms with van der Waals surface area (Å²) in [6, 6.07) is 16.8. The highest BCUT2D eigenvalue weighted by Gasteiger charge is 2.13. The van der Waals surface area contributed by atoms with Crippen LogP contribution in [-0.4, -0.2) is 23.2 Å². The van der Waals surface area contributed by atoms with Gasteiger partial charge in [0.2, 0.25) is 5.95 Å². The van der Waals surface area contributed by atoms with Crippen molar-refractivity contribution in [2.45, 2.75) is 0 Å². The number of hydrogen-bond acceptors (Lipinski definition) is 5. The summed E-state index contributed by atoms with van der Waals surface area (Å²) in [5.74, 6) is 6.30. The van der Waals surface area contributed by atoms with E-state index in [1.807, 2.05) is 54.6 Å². The lowest BCUT2D eigenvalue weighted by Crippen LogP contribution is -2.02. The van der Waals surface area contributed by atoms with Crippen molar-refractivity contribution in [3.05, 3.63) is 54.6 Å². The molecule has 0 spiro atoms. The Balaban J connectivity index is 2.08. The van der Waals surface area contributed by atoms with Gasteiger partial charge in [-0.2, -0.15) is 0 Å². The molecule has 1 heterocycles. The molecule has 0 bridgehead atoms. The minimum Gasteiger partial charge on any atom is -0.480 e. The van der Waals surface area contributed by atoms with Crippen LogP contribution in [-0.2, 0) is 0 Å². The van der Waals surface area contributed by atoms with Gasteiger partial charge < -0.3 is 15.2 Å². The van der Waals surface area contributed by atoms with Crippen LogP contribution in [0.25, 0.3) is 22.5 Å². The van der Waals surface area contributed by atoms with E-state index in [0.717, 1.165) is 11.1 Å². The van der Waals surface area contributed by atoms with Crippen molar-refractivity contribution in [1.29, 1.82) is 0 Å². The van der Waals surface area contributed by atoms with Gasteiger partial charge in [-0.3, -0.25) is 0 Å². The van der Waals surface area contributed by atoms with Crippen LogP contribution in [0.15, 0.2) is 54.6 Å². The van der Waals surface area contributed by atoms with Crippen LogP contribution in [0.4, 0.5) is 5.95 Å². The van der Waals surface area contributed by atoms with Crippen molar-refractivity contribution in [2.24, 2.45) is 0 Å². The zero-order valence-corrected chi connectivity index (χ0v) is 14.6. The summed E-state index contributed by atoms with van der Waals surface area (Å²) >= 11 is 0. The number of benzene rings is 2. The monoisotopic (exact) mass is 355 g/mol. The Morgan fingerprint density at radius 3 is 1.67 bits per heavy atom. The van der Waals surface area contributed by atoms with E-state index in [-0.39, 0.29) is 19.2 Å². The lowest BCUT2D eigenvalue weighted by Gasteiger charge is -2.12. The SMILES string of the molecule is C#CCOc1ccccc1-c1cc(-c2ccccc2OCC#C)nc(N)n1. The summed E-state index contributed by atoms with van der Waals surface area (Å²) in [5, 5.41) is 0. The van der Waals surface area contributed by atoms with Crippen molar-refractivity contribution in [3.63, 3.8) is 0 Å². The minimum absolute atomic E-state index is 0.140. The molecule has 2 N–H and O–H groups in total. The van der Waals surface area contributed by atoms with Crippen LogP contribution < -0.4 is 15.2 Å². The van der Waals surface area contributed by atoms with Crippen LogP contribution in [0, 0.1) is 24.7 Å². The average Bonchev–Trinajstić information content (AvgIpc) is 2.70. The van der Waals surface area contributed by atoms with Gasteiger partial charge in [-0.15, -0.1) is 12.8 Å². The van der Waals surface area contributed by atoms with Crippen LogP contribution in [0.3, 0.4) is 0 Å². The molecule has 0 aliphatic rings. The maximum atomic E-state index is 5.97. The highest BCUT2D eigenvalue weighted by molar-refractivity contribution is 5.75. The van der Waals surface area contributed by atoms with E-state index >= 15 is 0 Å². The molecule has 27 heavy (non-hydrogen) atoms. The third-order valence-electron chi connectivity index (χ3n) is 3.69. The minimum atomic E-state index is 0.140. The standard InChI is InChI=1S/C22H17N3O2/c1-3-13-26-20-11-7-5-9-16(20)18-15-19(25-22(23)24-18)17-10-6-8-12-21(17)27-14-4-2/h1-2,5-12,15H,13-14H2,(H2,23,24,25). The molecule has 3 rings (SSSR count). The molecule has 0 fully saturated rings. The molecular weight excluding hydrogens is 338 g/mol. The Kier molecular flexibility index (Phi) is 5.57. The molecule has 0 saturated carbocycles. The molecule has 132 valence electrons. The summed E-state index contributed by atoms with van der Waals surface area (Å²) in [4.78, 5) is 8.70. The van der Waals surface area contributed by atoms with Crippen molar-refractivity contribution < 1.29 is 9.47 Å². The molecule has 0 radical (unpaired) electrons. The number of terminal acetylenes is 2. The molecule has 0 atom stereocenters. The van der Waals surface area contributed by atoms with Crippen LogP contribution in [0.5, 0.6) is 11.5 Å². The molecule has 3 aromatic rings. The Morgan fingerprint density at radius 2 is 1.22 bits per heavy atom. The normalized spacial score (nSPS) is 9.85. The molecule has 1 aromatic heterocycles. The predicted octanol–water partition coefficient (Wildman–Crippen LogP) is 3.42. The molecule has 0 aliphatic carbocycles. The molecule has 0 aliphatic heterocycles. The van der Waals surface area contributed by atoms with E-state index in [0.29, 0.717) is 22.9 Å². The molecule has 5 heteroatoms. The zero-order chi connectivity index (χ0) is 19.1. The highest BCUT2D eigenvalue weighted by atomic mass is 16.5. The summed E-state index contributed by atoms with van der Waals surface area (Å²) in [7, 11) is 0. The van der Waals surface area contributed by atoms with E-state index in [9.17, 15) is 0 Å². The first-order chi connectivity index (χ1) is 13.2.